The molecule has 1 fully saturated rings. The summed E-state index contributed by atoms with van der Waals surface area (Å²) in [5, 5.41) is 0. The third-order valence-corrected chi connectivity index (χ3v) is 3.83. The molecule has 1 amide bonds. The highest BCUT2D eigenvalue weighted by Crippen LogP contribution is 2.20. The van der Waals surface area contributed by atoms with Gasteiger partial charge in [0.25, 0.3) is 0 Å². The summed E-state index contributed by atoms with van der Waals surface area (Å²) in [5.41, 5.74) is 6.91. The number of amides is 1. The first kappa shape index (κ1) is 14.5. The Labute approximate surface area is 129 Å². The fourth-order valence-corrected chi connectivity index (χ4v) is 2.63. The van der Waals surface area contributed by atoms with E-state index >= 15 is 0 Å². The molecule has 2 heterocycles. The lowest BCUT2D eigenvalue weighted by atomic mass is 10.1. The monoisotopic (exact) mass is 297 g/mol. The van der Waals surface area contributed by atoms with E-state index in [0.717, 1.165) is 17.7 Å². The van der Waals surface area contributed by atoms with Gasteiger partial charge in [-0.25, -0.2) is 0 Å². The number of rotatable bonds is 4. The fourth-order valence-electron chi connectivity index (χ4n) is 2.63. The largest absolute Gasteiger partial charge is 0.488 e. The van der Waals surface area contributed by atoms with Crippen LogP contribution in [0, 0.1) is 0 Å². The van der Waals surface area contributed by atoms with Gasteiger partial charge in [0.1, 0.15) is 17.9 Å². The number of nitrogens with two attached hydrogens (primary N) is 1. The van der Waals surface area contributed by atoms with E-state index in [4.69, 9.17) is 10.5 Å². The van der Waals surface area contributed by atoms with Crippen molar-refractivity contribution in [3.05, 3.63) is 60.4 Å². The molecule has 0 radical (unpaired) electrons. The highest BCUT2D eigenvalue weighted by molar-refractivity contribution is 5.83. The molecule has 1 saturated heterocycles. The maximum Gasteiger partial charge on any atom is 0.244 e. The summed E-state index contributed by atoms with van der Waals surface area (Å²) < 4.78 is 5.87. The Hall–Kier alpha value is -2.40. The Balaban J connectivity index is 1.59. The molecule has 3 rings (SSSR count). The predicted molar refractivity (Wildman–Crippen MR) is 83.2 cm³/mol. The molecule has 0 saturated carbocycles. The number of ether oxygens (including phenoxy) is 1. The minimum atomic E-state index is -0.610. The average Bonchev–Trinajstić information content (AvgIpc) is 3.04. The van der Waals surface area contributed by atoms with Gasteiger partial charge in [0.2, 0.25) is 5.91 Å². The van der Waals surface area contributed by atoms with Gasteiger partial charge in [0, 0.05) is 25.4 Å². The lowest BCUT2D eigenvalue weighted by molar-refractivity contribution is -0.131. The van der Waals surface area contributed by atoms with E-state index in [0.29, 0.717) is 13.1 Å². The zero-order chi connectivity index (χ0) is 15.4. The van der Waals surface area contributed by atoms with Crippen LogP contribution in [0.4, 0.5) is 0 Å². The van der Waals surface area contributed by atoms with E-state index in [1.54, 1.807) is 17.3 Å². The number of carbonyl (C=O) groups excluding carboxylic acids is 1. The minimum Gasteiger partial charge on any atom is -0.488 e. The molecule has 1 aromatic carbocycles. The Morgan fingerprint density at radius 1 is 1.23 bits per heavy atom. The van der Waals surface area contributed by atoms with Gasteiger partial charge in [-0.2, -0.15) is 0 Å². The molecule has 2 atom stereocenters. The highest BCUT2D eigenvalue weighted by atomic mass is 16.5. The molecule has 1 aliphatic rings. The molecule has 2 N–H and O–H groups in total. The van der Waals surface area contributed by atoms with Crippen molar-refractivity contribution < 1.29 is 9.53 Å². The molecule has 0 bridgehead atoms. The number of hydrogen-bond acceptors (Lipinski definition) is 4. The van der Waals surface area contributed by atoms with Gasteiger partial charge in [-0.1, -0.05) is 30.3 Å². The second-order valence-corrected chi connectivity index (χ2v) is 5.38. The zero-order valence-electron chi connectivity index (χ0n) is 12.3. The van der Waals surface area contributed by atoms with Crippen LogP contribution in [-0.2, 0) is 4.79 Å². The van der Waals surface area contributed by atoms with Crippen LogP contribution in [0.15, 0.2) is 54.9 Å². The zero-order valence-corrected chi connectivity index (χ0v) is 12.3. The Morgan fingerprint density at radius 3 is 2.68 bits per heavy atom. The second kappa shape index (κ2) is 6.58. The smallest absolute Gasteiger partial charge is 0.244 e. The molecular weight excluding hydrogens is 278 g/mol. The molecule has 1 aromatic heterocycles. The number of pyridine rings is 1. The Kier molecular flexibility index (Phi) is 4.34. The molecule has 114 valence electrons. The van der Waals surface area contributed by atoms with Crippen molar-refractivity contribution in [2.75, 3.05) is 13.1 Å². The van der Waals surface area contributed by atoms with Gasteiger partial charge in [-0.05, 0) is 17.7 Å². The van der Waals surface area contributed by atoms with Crippen LogP contribution in [0.1, 0.15) is 18.0 Å². The van der Waals surface area contributed by atoms with E-state index in [9.17, 15) is 4.79 Å². The van der Waals surface area contributed by atoms with Crippen molar-refractivity contribution in [2.45, 2.75) is 18.6 Å². The molecule has 2 aromatic rings. The number of aromatic nitrogens is 1. The maximum absolute atomic E-state index is 12.5. The minimum absolute atomic E-state index is 0.00863. The number of nitrogens with zero attached hydrogens (tertiary/aromatic N) is 2. The molecule has 5 heteroatoms. The van der Waals surface area contributed by atoms with Crippen molar-refractivity contribution >= 4 is 5.91 Å². The van der Waals surface area contributed by atoms with Crippen LogP contribution >= 0.6 is 0 Å². The molecular formula is C17H19N3O2. The first-order valence-electron chi connectivity index (χ1n) is 7.40. The third kappa shape index (κ3) is 3.26. The van der Waals surface area contributed by atoms with Gasteiger partial charge in [0.05, 0.1) is 6.54 Å². The molecule has 22 heavy (non-hydrogen) atoms. The average molecular weight is 297 g/mol. The Morgan fingerprint density at radius 2 is 1.95 bits per heavy atom. The molecule has 1 aliphatic heterocycles. The lowest BCUT2D eigenvalue weighted by Gasteiger charge is -2.21. The summed E-state index contributed by atoms with van der Waals surface area (Å²) in [6.07, 6.45) is 4.21. The van der Waals surface area contributed by atoms with Crippen LogP contribution in [-0.4, -0.2) is 35.0 Å². The van der Waals surface area contributed by atoms with Crippen LogP contribution < -0.4 is 10.5 Å². The van der Waals surface area contributed by atoms with Crippen molar-refractivity contribution in [3.8, 4) is 5.75 Å². The number of carbonyl (C=O) groups is 1. The fraction of sp³-hybridized carbons (Fsp3) is 0.294. The van der Waals surface area contributed by atoms with Gasteiger partial charge < -0.3 is 15.4 Å². The molecule has 0 aliphatic carbocycles. The van der Waals surface area contributed by atoms with E-state index in [1.165, 1.54) is 0 Å². The standard InChI is InChI=1S/C17H19N3O2/c18-16(13-4-2-1-3-5-13)17(21)20-11-8-15(12-20)22-14-6-9-19-10-7-14/h1-7,9-10,15-16H,8,11-12,18H2/t15-,16-/m1/s1. The first-order valence-corrected chi connectivity index (χ1v) is 7.40. The van der Waals surface area contributed by atoms with E-state index in [1.807, 2.05) is 42.5 Å². The third-order valence-electron chi connectivity index (χ3n) is 3.83. The van der Waals surface area contributed by atoms with Gasteiger partial charge in [-0.3, -0.25) is 9.78 Å². The molecule has 0 spiro atoms. The van der Waals surface area contributed by atoms with Crippen molar-refractivity contribution in [3.63, 3.8) is 0 Å². The van der Waals surface area contributed by atoms with Crippen LogP contribution in [0.2, 0.25) is 0 Å². The second-order valence-electron chi connectivity index (χ2n) is 5.38. The first-order chi connectivity index (χ1) is 10.7. The van der Waals surface area contributed by atoms with E-state index < -0.39 is 6.04 Å². The van der Waals surface area contributed by atoms with Gasteiger partial charge in [-0.15, -0.1) is 0 Å². The van der Waals surface area contributed by atoms with E-state index in [2.05, 4.69) is 4.98 Å². The number of likely N-dealkylation sites (tertiary alicyclic amines) is 1. The van der Waals surface area contributed by atoms with Crippen molar-refractivity contribution in [1.82, 2.24) is 9.88 Å². The predicted octanol–water partition coefficient (Wildman–Crippen LogP) is 1.76. The lowest BCUT2D eigenvalue weighted by Crippen LogP contribution is -2.38. The van der Waals surface area contributed by atoms with Gasteiger partial charge >= 0.3 is 0 Å². The normalized spacial score (nSPS) is 19.0. The summed E-state index contributed by atoms with van der Waals surface area (Å²) in [7, 11) is 0. The maximum atomic E-state index is 12.5. The highest BCUT2D eigenvalue weighted by Gasteiger charge is 2.30. The van der Waals surface area contributed by atoms with Crippen molar-refractivity contribution in [2.24, 2.45) is 5.73 Å². The Bertz CT molecular complexity index is 618. The summed E-state index contributed by atoms with van der Waals surface area (Å²) in [4.78, 5) is 18.2. The van der Waals surface area contributed by atoms with Crippen LogP contribution in [0.5, 0.6) is 5.75 Å². The number of benzene rings is 1. The topological polar surface area (TPSA) is 68.5 Å². The summed E-state index contributed by atoms with van der Waals surface area (Å²) >= 11 is 0. The molecule has 5 nitrogen and oxygen atoms in total. The quantitative estimate of drug-likeness (QED) is 0.933. The summed E-state index contributed by atoms with van der Waals surface area (Å²) in [5.74, 6) is 0.730. The van der Waals surface area contributed by atoms with Crippen molar-refractivity contribution in [1.29, 1.82) is 0 Å². The van der Waals surface area contributed by atoms with E-state index in [-0.39, 0.29) is 12.0 Å². The summed E-state index contributed by atoms with van der Waals surface area (Å²) in [6, 6.07) is 12.5. The molecule has 0 unspecified atom stereocenters. The summed E-state index contributed by atoms with van der Waals surface area (Å²) in [6.45, 7) is 1.25. The SMILES string of the molecule is N[C@@H](C(=O)N1CC[C@@H](Oc2ccncc2)C1)c1ccccc1. The van der Waals surface area contributed by atoms with Crippen LogP contribution in [0.3, 0.4) is 0 Å². The number of hydrogen-bond donors (Lipinski definition) is 1. The van der Waals surface area contributed by atoms with Gasteiger partial charge in [0.15, 0.2) is 0 Å². The van der Waals surface area contributed by atoms with Crippen LogP contribution in [0.25, 0.3) is 0 Å².